The fourth-order valence-corrected chi connectivity index (χ4v) is 7.00. The molecule has 3 amide bonds. The average molecular weight is 519 g/mol. The molecule has 1 saturated heterocycles. The van der Waals surface area contributed by atoms with Crippen molar-refractivity contribution in [2.75, 3.05) is 5.32 Å². The summed E-state index contributed by atoms with van der Waals surface area (Å²) in [6.45, 7) is 2.02. The van der Waals surface area contributed by atoms with E-state index >= 15 is 0 Å². The van der Waals surface area contributed by atoms with Crippen LogP contribution in [0.3, 0.4) is 0 Å². The molecule has 5 aliphatic rings. The third kappa shape index (κ3) is 4.15. The van der Waals surface area contributed by atoms with Gasteiger partial charge in [-0.3, -0.25) is 19.3 Å². The van der Waals surface area contributed by atoms with Gasteiger partial charge in [0.25, 0.3) is 0 Å². The molecule has 6 heteroatoms. The second kappa shape index (κ2) is 9.23. The van der Waals surface area contributed by atoms with Crippen LogP contribution in [0.25, 0.3) is 0 Å². The molecule has 196 valence electrons. The number of benzene rings is 3. The van der Waals surface area contributed by atoms with E-state index in [9.17, 15) is 14.4 Å². The average Bonchev–Trinajstić information content (AvgIpc) is 3.73. The van der Waals surface area contributed by atoms with E-state index in [0.717, 1.165) is 23.3 Å². The molecule has 8 rings (SSSR count). The SMILES string of the molecule is Cc1ccc(Oc2ccc(NC(=O)[C@@H](Cc3ccccc3)N3C(=O)[C@H]4[C@@H]5C=C[C@H]([C@H]6C[C@H]56)[C@@H]4C3=O)cc2)cc1. The normalized spacial score (nSPS) is 28.6. The standard InChI is InChI=1S/C33H30N2O4/c1-19-7-11-22(12-8-19)39-23-13-9-21(10-14-23)34-31(36)28(17-20-5-3-2-4-6-20)35-32(37)29-24-15-16-25(27-18-26(24)27)30(29)33(35)38/h2-16,24-30H,17-18H2,1H3,(H,34,36)/t24-,25-,26-,27-,28-,29+,30+/m1/s1. The molecule has 0 unspecified atom stereocenters. The van der Waals surface area contributed by atoms with Crippen molar-refractivity contribution in [2.24, 2.45) is 35.5 Å². The zero-order chi connectivity index (χ0) is 26.7. The van der Waals surface area contributed by atoms with Gasteiger partial charge in [-0.25, -0.2) is 0 Å². The Morgan fingerprint density at radius 1 is 0.846 bits per heavy atom. The Bertz CT molecular complexity index is 1430. The summed E-state index contributed by atoms with van der Waals surface area (Å²) < 4.78 is 5.91. The van der Waals surface area contributed by atoms with Crippen LogP contribution in [-0.2, 0) is 20.8 Å². The number of nitrogens with one attached hydrogen (secondary N) is 1. The van der Waals surface area contributed by atoms with Gasteiger partial charge in [-0.05, 0) is 79.0 Å². The molecule has 1 N–H and O–H groups in total. The molecule has 3 aromatic carbocycles. The van der Waals surface area contributed by atoms with Crippen molar-refractivity contribution in [1.82, 2.24) is 4.90 Å². The zero-order valence-corrected chi connectivity index (χ0v) is 21.7. The van der Waals surface area contributed by atoms with E-state index in [1.807, 2.05) is 61.5 Å². The van der Waals surface area contributed by atoms with Gasteiger partial charge < -0.3 is 10.1 Å². The summed E-state index contributed by atoms with van der Waals surface area (Å²) in [7, 11) is 0. The van der Waals surface area contributed by atoms with Crippen molar-refractivity contribution in [3.05, 3.63) is 102 Å². The molecule has 3 fully saturated rings. The molecule has 7 atom stereocenters. The van der Waals surface area contributed by atoms with Gasteiger partial charge in [-0.2, -0.15) is 0 Å². The topological polar surface area (TPSA) is 75.7 Å². The maximum absolute atomic E-state index is 13.8. The number of imide groups is 1. The Balaban J connectivity index is 1.12. The van der Waals surface area contributed by atoms with E-state index in [4.69, 9.17) is 4.74 Å². The summed E-state index contributed by atoms with van der Waals surface area (Å²) in [5.41, 5.74) is 2.63. The monoisotopic (exact) mass is 518 g/mol. The predicted octanol–water partition coefficient (Wildman–Crippen LogP) is 5.39. The summed E-state index contributed by atoms with van der Waals surface area (Å²) in [6, 6.07) is 23.6. The smallest absolute Gasteiger partial charge is 0.248 e. The van der Waals surface area contributed by atoms with Gasteiger partial charge in [0.2, 0.25) is 17.7 Å². The molecular weight excluding hydrogens is 488 g/mol. The van der Waals surface area contributed by atoms with Gasteiger partial charge in [-0.15, -0.1) is 0 Å². The zero-order valence-electron chi connectivity index (χ0n) is 21.7. The fourth-order valence-electron chi connectivity index (χ4n) is 7.00. The quantitative estimate of drug-likeness (QED) is 0.336. The van der Waals surface area contributed by atoms with Crippen LogP contribution in [0.4, 0.5) is 5.69 Å². The van der Waals surface area contributed by atoms with Gasteiger partial charge in [0, 0.05) is 12.1 Å². The lowest BCUT2D eigenvalue weighted by molar-refractivity contribution is -0.146. The Hall–Kier alpha value is -4.19. The first-order valence-electron chi connectivity index (χ1n) is 13.7. The van der Waals surface area contributed by atoms with Gasteiger partial charge in [0.05, 0.1) is 11.8 Å². The van der Waals surface area contributed by atoms with E-state index in [0.29, 0.717) is 23.3 Å². The van der Waals surface area contributed by atoms with Crippen LogP contribution in [0.5, 0.6) is 11.5 Å². The fraction of sp³-hybridized carbons (Fsp3) is 0.303. The molecule has 3 aromatic rings. The number of ether oxygens (including phenoxy) is 1. The molecule has 2 saturated carbocycles. The van der Waals surface area contributed by atoms with E-state index in [1.54, 1.807) is 24.3 Å². The first-order chi connectivity index (χ1) is 19.0. The number of aryl methyl sites for hydroxylation is 1. The molecule has 2 bridgehead atoms. The van der Waals surface area contributed by atoms with E-state index < -0.39 is 6.04 Å². The number of nitrogens with zero attached hydrogens (tertiary/aromatic N) is 1. The summed E-state index contributed by atoms with van der Waals surface area (Å²) >= 11 is 0. The number of hydrogen-bond donors (Lipinski definition) is 1. The molecule has 0 aromatic heterocycles. The third-order valence-corrected chi connectivity index (χ3v) is 8.96. The highest BCUT2D eigenvalue weighted by Gasteiger charge is 2.67. The van der Waals surface area contributed by atoms with Crippen LogP contribution in [0.2, 0.25) is 0 Å². The number of carbonyl (C=O) groups is 3. The molecule has 0 spiro atoms. The van der Waals surface area contributed by atoms with Crippen molar-refractivity contribution in [3.63, 3.8) is 0 Å². The molecule has 6 nitrogen and oxygen atoms in total. The molecule has 4 aliphatic carbocycles. The van der Waals surface area contributed by atoms with Gasteiger partial charge in [0.1, 0.15) is 17.5 Å². The lowest BCUT2D eigenvalue weighted by Crippen LogP contribution is -2.49. The number of rotatable bonds is 7. The number of hydrogen-bond acceptors (Lipinski definition) is 4. The summed E-state index contributed by atoms with van der Waals surface area (Å²) in [6.07, 6.45) is 5.68. The largest absolute Gasteiger partial charge is 0.457 e. The Labute approximate surface area is 227 Å². The minimum Gasteiger partial charge on any atom is -0.457 e. The number of allylic oxidation sites excluding steroid dienone is 2. The van der Waals surface area contributed by atoms with Crippen LogP contribution in [-0.4, -0.2) is 28.7 Å². The summed E-state index contributed by atoms with van der Waals surface area (Å²) in [5.74, 6) is 1.24. The van der Waals surface area contributed by atoms with Crippen molar-refractivity contribution in [2.45, 2.75) is 25.8 Å². The van der Waals surface area contributed by atoms with Crippen LogP contribution >= 0.6 is 0 Å². The predicted molar refractivity (Wildman–Crippen MR) is 147 cm³/mol. The Morgan fingerprint density at radius 3 is 2.00 bits per heavy atom. The van der Waals surface area contributed by atoms with Crippen LogP contribution in [0.1, 0.15) is 17.5 Å². The van der Waals surface area contributed by atoms with Crippen molar-refractivity contribution in [1.29, 1.82) is 0 Å². The lowest BCUT2D eigenvalue weighted by atomic mass is 9.63. The first-order valence-corrected chi connectivity index (χ1v) is 13.7. The highest BCUT2D eigenvalue weighted by molar-refractivity contribution is 6.10. The molecular formula is C33H30N2O4. The van der Waals surface area contributed by atoms with Crippen LogP contribution in [0, 0.1) is 42.4 Å². The van der Waals surface area contributed by atoms with Crippen molar-refractivity contribution >= 4 is 23.4 Å². The van der Waals surface area contributed by atoms with E-state index in [2.05, 4.69) is 17.5 Å². The first kappa shape index (κ1) is 23.9. The van der Waals surface area contributed by atoms with E-state index in [1.165, 1.54) is 4.90 Å². The summed E-state index contributed by atoms with van der Waals surface area (Å²) in [5, 5.41) is 2.96. The number of likely N-dealkylation sites (tertiary alicyclic amines) is 1. The van der Waals surface area contributed by atoms with Gasteiger partial charge in [0.15, 0.2) is 0 Å². The molecule has 1 heterocycles. The maximum atomic E-state index is 13.8. The minimum absolute atomic E-state index is 0.118. The van der Waals surface area contributed by atoms with Gasteiger partial charge in [-0.1, -0.05) is 60.2 Å². The number of anilines is 1. The molecule has 0 radical (unpaired) electrons. The van der Waals surface area contributed by atoms with Crippen LogP contribution in [0.15, 0.2) is 91.0 Å². The summed E-state index contributed by atoms with van der Waals surface area (Å²) in [4.78, 5) is 42.7. The third-order valence-electron chi connectivity index (χ3n) is 8.96. The lowest BCUT2D eigenvalue weighted by Gasteiger charge is -2.37. The van der Waals surface area contributed by atoms with Crippen molar-refractivity contribution < 1.29 is 19.1 Å². The number of carbonyl (C=O) groups excluding carboxylic acids is 3. The maximum Gasteiger partial charge on any atom is 0.248 e. The highest BCUT2D eigenvalue weighted by atomic mass is 16.5. The van der Waals surface area contributed by atoms with Gasteiger partial charge >= 0.3 is 0 Å². The minimum atomic E-state index is -0.919. The molecule has 1 aliphatic heterocycles. The second-order valence-electron chi connectivity index (χ2n) is 11.3. The molecule has 39 heavy (non-hydrogen) atoms. The Morgan fingerprint density at radius 2 is 1.41 bits per heavy atom. The Kier molecular flexibility index (Phi) is 5.65. The number of amides is 3. The van der Waals surface area contributed by atoms with Crippen LogP contribution < -0.4 is 10.1 Å². The highest BCUT2D eigenvalue weighted by Crippen LogP contribution is 2.65. The second-order valence-corrected chi connectivity index (χ2v) is 11.3. The van der Waals surface area contributed by atoms with Crippen molar-refractivity contribution in [3.8, 4) is 11.5 Å². The van der Waals surface area contributed by atoms with E-state index in [-0.39, 0.29) is 47.8 Å².